The Bertz CT molecular complexity index is 750. The third-order valence-corrected chi connectivity index (χ3v) is 3.52. The van der Waals surface area contributed by atoms with Gasteiger partial charge in [-0.25, -0.2) is 0 Å². The quantitative estimate of drug-likeness (QED) is 0.775. The fraction of sp³-hybridized carbons (Fsp3) is 0.222. The molecule has 112 valence electrons. The first-order valence-corrected chi connectivity index (χ1v) is 7.37. The molecule has 2 aromatic carbocycles. The summed E-state index contributed by atoms with van der Waals surface area (Å²) >= 11 is 0. The molecule has 22 heavy (non-hydrogen) atoms. The van der Waals surface area contributed by atoms with E-state index in [9.17, 15) is 0 Å². The zero-order valence-corrected chi connectivity index (χ0v) is 12.8. The van der Waals surface area contributed by atoms with E-state index >= 15 is 0 Å². The molecule has 1 N–H and O–H groups in total. The van der Waals surface area contributed by atoms with Gasteiger partial charge in [0.25, 0.3) is 0 Å². The summed E-state index contributed by atoms with van der Waals surface area (Å²) in [5.74, 6) is 1.24. The van der Waals surface area contributed by atoms with E-state index in [1.807, 2.05) is 18.2 Å². The lowest BCUT2D eigenvalue weighted by Gasteiger charge is -2.07. The number of aryl methyl sites for hydroxylation is 2. The minimum absolute atomic E-state index is 0.533. The zero-order valence-electron chi connectivity index (χ0n) is 12.8. The van der Waals surface area contributed by atoms with Gasteiger partial charge in [-0.1, -0.05) is 48.0 Å². The summed E-state index contributed by atoms with van der Waals surface area (Å²) in [5.41, 5.74) is 4.73. The largest absolute Gasteiger partial charge is 0.423 e. The third-order valence-electron chi connectivity index (χ3n) is 3.52. The summed E-state index contributed by atoms with van der Waals surface area (Å²) in [5, 5.41) is 11.5. The Morgan fingerprint density at radius 1 is 0.955 bits per heavy atom. The lowest BCUT2D eigenvalue weighted by molar-refractivity contribution is 0.464. The van der Waals surface area contributed by atoms with Crippen LogP contribution in [0.5, 0.6) is 0 Å². The summed E-state index contributed by atoms with van der Waals surface area (Å²) in [6.07, 6.45) is 0.664. The molecule has 1 heterocycles. The molecule has 0 unspecified atom stereocenters. The van der Waals surface area contributed by atoms with Gasteiger partial charge in [0.1, 0.15) is 0 Å². The molecule has 0 radical (unpaired) electrons. The first-order chi connectivity index (χ1) is 10.7. The van der Waals surface area contributed by atoms with E-state index in [4.69, 9.17) is 4.42 Å². The summed E-state index contributed by atoms with van der Waals surface area (Å²) in [6, 6.07) is 16.4. The van der Waals surface area contributed by atoms with E-state index in [1.54, 1.807) is 0 Å². The van der Waals surface area contributed by atoms with Crippen LogP contribution in [0, 0.1) is 13.8 Å². The molecule has 0 amide bonds. The van der Waals surface area contributed by atoms with Crippen molar-refractivity contribution >= 4 is 5.69 Å². The van der Waals surface area contributed by atoms with E-state index in [0.717, 1.165) is 5.69 Å². The van der Waals surface area contributed by atoms with Crippen LogP contribution in [-0.4, -0.2) is 10.2 Å². The van der Waals surface area contributed by atoms with Crippen molar-refractivity contribution in [2.75, 3.05) is 5.32 Å². The molecule has 1 aromatic heterocycles. The summed E-state index contributed by atoms with van der Waals surface area (Å²) in [4.78, 5) is 0. The van der Waals surface area contributed by atoms with E-state index in [1.165, 1.54) is 16.7 Å². The molecule has 3 rings (SSSR count). The number of nitrogens with zero attached hydrogens (tertiary/aromatic N) is 2. The van der Waals surface area contributed by atoms with Crippen LogP contribution in [0.4, 0.5) is 5.69 Å². The highest BCUT2D eigenvalue weighted by molar-refractivity contribution is 5.51. The second-order valence-corrected chi connectivity index (χ2v) is 5.42. The van der Waals surface area contributed by atoms with Crippen LogP contribution in [0.15, 0.2) is 52.9 Å². The van der Waals surface area contributed by atoms with Crippen molar-refractivity contribution in [3.05, 3.63) is 77.0 Å². The lowest BCUT2D eigenvalue weighted by atomic mass is 10.1. The van der Waals surface area contributed by atoms with Crippen LogP contribution in [0.1, 0.15) is 28.5 Å². The van der Waals surface area contributed by atoms with Gasteiger partial charge in [-0.3, -0.25) is 0 Å². The topological polar surface area (TPSA) is 51.0 Å². The molecule has 0 aliphatic carbocycles. The molecule has 0 aliphatic heterocycles. The number of rotatable bonds is 5. The Morgan fingerprint density at radius 2 is 1.73 bits per heavy atom. The summed E-state index contributed by atoms with van der Waals surface area (Å²) in [6.45, 7) is 4.71. The predicted molar refractivity (Wildman–Crippen MR) is 86.8 cm³/mol. The normalized spacial score (nSPS) is 10.6. The maximum absolute atomic E-state index is 5.69. The van der Waals surface area contributed by atoms with Crippen LogP contribution < -0.4 is 5.32 Å². The Kier molecular flexibility index (Phi) is 4.19. The number of aromatic nitrogens is 2. The molecule has 0 spiro atoms. The minimum Gasteiger partial charge on any atom is -0.423 e. The van der Waals surface area contributed by atoms with E-state index in [0.29, 0.717) is 24.7 Å². The standard InChI is InChI=1S/C18H19N3O/c1-13-8-9-16(14(2)10-13)19-12-18-21-20-17(22-18)11-15-6-4-3-5-7-15/h3-10,19H,11-12H2,1-2H3. The van der Waals surface area contributed by atoms with E-state index in [2.05, 4.69) is 59.7 Å². The van der Waals surface area contributed by atoms with Crippen LogP contribution in [0.25, 0.3) is 0 Å². The fourth-order valence-corrected chi connectivity index (χ4v) is 2.38. The summed E-state index contributed by atoms with van der Waals surface area (Å²) in [7, 11) is 0. The van der Waals surface area contributed by atoms with Gasteiger partial charge in [0.05, 0.1) is 13.0 Å². The molecule has 0 fully saturated rings. The van der Waals surface area contributed by atoms with Gasteiger partial charge in [-0.05, 0) is 31.0 Å². The summed E-state index contributed by atoms with van der Waals surface area (Å²) < 4.78 is 5.69. The van der Waals surface area contributed by atoms with Crippen molar-refractivity contribution in [3.8, 4) is 0 Å². The van der Waals surface area contributed by atoms with Gasteiger partial charge >= 0.3 is 0 Å². The van der Waals surface area contributed by atoms with Crippen molar-refractivity contribution in [2.24, 2.45) is 0 Å². The highest BCUT2D eigenvalue weighted by Crippen LogP contribution is 2.17. The Morgan fingerprint density at radius 3 is 2.50 bits per heavy atom. The maximum atomic E-state index is 5.69. The average Bonchev–Trinajstić information content (AvgIpc) is 2.95. The minimum atomic E-state index is 0.533. The average molecular weight is 293 g/mol. The van der Waals surface area contributed by atoms with Gasteiger partial charge in [0.2, 0.25) is 11.8 Å². The molecule has 0 atom stereocenters. The predicted octanol–water partition coefficient (Wildman–Crippen LogP) is 3.89. The monoisotopic (exact) mass is 293 g/mol. The second kappa shape index (κ2) is 6.43. The van der Waals surface area contributed by atoms with Gasteiger partial charge in [-0.2, -0.15) is 0 Å². The van der Waals surface area contributed by atoms with Gasteiger partial charge in [0.15, 0.2) is 0 Å². The number of hydrogen-bond donors (Lipinski definition) is 1. The lowest BCUT2D eigenvalue weighted by Crippen LogP contribution is -2.01. The highest BCUT2D eigenvalue weighted by Gasteiger charge is 2.07. The SMILES string of the molecule is Cc1ccc(NCc2nnc(Cc3ccccc3)o2)c(C)c1. The maximum Gasteiger partial charge on any atom is 0.235 e. The molecule has 0 aliphatic rings. The van der Waals surface area contributed by atoms with Crippen LogP contribution in [0.2, 0.25) is 0 Å². The Labute approximate surface area is 130 Å². The number of nitrogens with one attached hydrogen (secondary N) is 1. The molecule has 4 nitrogen and oxygen atoms in total. The molecule has 0 bridgehead atoms. The molecular weight excluding hydrogens is 274 g/mol. The van der Waals surface area contributed by atoms with Crippen LogP contribution in [0.3, 0.4) is 0 Å². The number of hydrogen-bond acceptors (Lipinski definition) is 4. The molecule has 0 saturated heterocycles. The number of benzene rings is 2. The highest BCUT2D eigenvalue weighted by atomic mass is 16.4. The Hall–Kier alpha value is -2.62. The van der Waals surface area contributed by atoms with Crippen molar-refractivity contribution < 1.29 is 4.42 Å². The Balaban J connectivity index is 1.62. The van der Waals surface area contributed by atoms with E-state index in [-0.39, 0.29) is 0 Å². The second-order valence-electron chi connectivity index (χ2n) is 5.42. The molecule has 4 heteroatoms. The van der Waals surface area contributed by atoms with Crippen molar-refractivity contribution in [2.45, 2.75) is 26.8 Å². The third kappa shape index (κ3) is 3.52. The van der Waals surface area contributed by atoms with Gasteiger partial charge in [-0.15, -0.1) is 10.2 Å². The zero-order chi connectivity index (χ0) is 15.4. The first-order valence-electron chi connectivity index (χ1n) is 7.37. The first kappa shape index (κ1) is 14.3. The van der Waals surface area contributed by atoms with E-state index < -0.39 is 0 Å². The van der Waals surface area contributed by atoms with Crippen molar-refractivity contribution in [1.29, 1.82) is 0 Å². The molecule has 3 aromatic rings. The fourth-order valence-electron chi connectivity index (χ4n) is 2.38. The van der Waals surface area contributed by atoms with Crippen molar-refractivity contribution in [3.63, 3.8) is 0 Å². The smallest absolute Gasteiger partial charge is 0.235 e. The van der Waals surface area contributed by atoms with Crippen molar-refractivity contribution in [1.82, 2.24) is 10.2 Å². The van der Waals surface area contributed by atoms with Gasteiger partial charge < -0.3 is 9.73 Å². The van der Waals surface area contributed by atoms with Crippen LogP contribution in [-0.2, 0) is 13.0 Å². The van der Waals surface area contributed by atoms with Gasteiger partial charge in [0, 0.05) is 5.69 Å². The molecular formula is C18H19N3O. The molecule has 0 saturated carbocycles. The number of anilines is 1. The van der Waals surface area contributed by atoms with Crippen LogP contribution >= 0.6 is 0 Å².